The van der Waals surface area contributed by atoms with Gasteiger partial charge in [0.2, 0.25) is 0 Å². The van der Waals surface area contributed by atoms with E-state index >= 15 is 0 Å². The monoisotopic (exact) mass is 252 g/mol. The van der Waals surface area contributed by atoms with Crippen LogP contribution in [-0.2, 0) is 4.74 Å². The van der Waals surface area contributed by atoms with Crippen molar-refractivity contribution in [1.82, 2.24) is 19.5 Å². The number of aliphatic hydroxyl groups excluding tert-OH is 1. The Morgan fingerprint density at radius 2 is 2.33 bits per heavy atom. The van der Waals surface area contributed by atoms with Gasteiger partial charge in [0.15, 0.2) is 11.2 Å². The molecule has 1 fully saturated rings. The van der Waals surface area contributed by atoms with Crippen LogP contribution in [0, 0.1) is 0 Å². The van der Waals surface area contributed by atoms with Crippen molar-refractivity contribution >= 4 is 11.2 Å². The summed E-state index contributed by atoms with van der Waals surface area (Å²) in [5, 5.41) is 9.02. The van der Waals surface area contributed by atoms with Gasteiger partial charge < -0.3 is 14.8 Å². The molecule has 2 atom stereocenters. The Balaban J connectivity index is 2.13. The fourth-order valence-electron chi connectivity index (χ4n) is 2.23. The summed E-state index contributed by atoms with van der Waals surface area (Å²) < 4.78 is 6.84. The Hall–Kier alpha value is -1.93. The third-order valence-electron chi connectivity index (χ3n) is 3.09. The molecule has 0 aromatic carbocycles. The SMILES string of the molecule is O=c1[nH]cnc2c1[nH]c(=O)n2[C@H]1CC[C@@H](CO)O1. The average molecular weight is 252 g/mol. The van der Waals surface area contributed by atoms with Crippen LogP contribution in [0.25, 0.3) is 11.2 Å². The van der Waals surface area contributed by atoms with Crippen LogP contribution < -0.4 is 11.2 Å². The van der Waals surface area contributed by atoms with Crippen LogP contribution in [0.3, 0.4) is 0 Å². The molecule has 18 heavy (non-hydrogen) atoms. The summed E-state index contributed by atoms with van der Waals surface area (Å²) in [5.74, 6) is 0. The van der Waals surface area contributed by atoms with Gasteiger partial charge in [-0.3, -0.25) is 9.78 Å². The van der Waals surface area contributed by atoms with E-state index in [1.54, 1.807) is 0 Å². The van der Waals surface area contributed by atoms with E-state index in [0.29, 0.717) is 12.8 Å². The highest BCUT2D eigenvalue weighted by molar-refractivity contribution is 5.68. The van der Waals surface area contributed by atoms with Crippen molar-refractivity contribution in [2.75, 3.05) is 6.61 Å². The molecule has 8 heteroatoms. The fraction of sp³-hybridized carbons (Fsp3) is 0.500. The maximum Gasteiger partial charge on any atom is 0.329 e. The van der Waals surface area contributed by atoms with E-state index in [-0.39, 0.29) is 23.9 Å². The van der Waals surface area contributed by atoms with Crippen LogP contribution in [0.1, 0.15) is 19.1 Å². The summed E-state index contributed by atoms with van der Waals surface area (Å²) in [6, 6.07) is 0. The number of H-pyrrole nitrogens is 2. The smallest absolute Gasteiger partial charge is 0.329 e. The molecule has 1 saturated heterocycles. The predicted molar refractivity (Wildman–Crippen MR) is 61.2 cm³/mol. The Morgan fingerprint density at radius 3 is 3.06 bits per heavy atom. The molecule has 3 heterocycles. The Labute approximate surface area is 100 Å². The van der Waals surface area contributed by atoms with Crippen molar-refractivity contribution in [1.29, 1.82) is 0 Å². The van der Waals surface area contributed by atoms with E-state index in [4.69, 9.17) is 9.84 Å². The summed E-state index contributed by atoms with van der Waals surface area (Å²) in [7, 11) is 0. The standard InChI is InChI=1S/C10H12N4O4/c15-3-5-1-2-6(18-5)14-8-7(13-10(14)17)9(16)12-4-11-8/h4-6,15H,1-3H2,(H,13,17)(H,11,12,16)/t5-,6+/m0/s1. The summed E-state index contributed by atoms with van der Waals surface area (Å²) >= 11 is 0. The van der Waals surface area contributed by atoms with E-state index in [2.05, 4.69) is 15.0 Å². The van der Waals surface area contributed by atoms with Crippen LogP contribution in [-0.4, -0.2) is 37.3 Å². The molecule has 0 amide bonds. The molecule has 0 radical (unpaired) electrons. The third kappa shape index (κ3) is 1.57. The van der Waals surface area contributed by atoms with Gasteiger partial charge in [-0.25, -0.2) is 14.3 Å². The van der Waals surface area contributed by atoms with Crippen molar-refractivity contribution in [3.05, 3.63) is 27.2 Å². The fourth-order valence-corrected chi connectivity index (χ4v) is 2.23. The van der Waals surface area contributed by atoms with Gasteiger partial charge in [0.25, 0.3) is 5.56 Å². The largest absolute Gasteiger partial charge is 0.394 e. The third-order valence-corrected chi connectivity index (χ3v) is 3.09. The zero-order valence-corrected chi connectivity index (χ0v) is 9.42. The first-order chi connectivity index (χ1) is 8.70. The molecule has 3 N–H and O–H groups in total. The highest BCUT2D eigenvalue weighted by atomic mass is 16.5. The number of rotatable bonds is 2. The van der Waals surface area contributed by atoms with Gasteiger partial charge in [0.05, 0.1) is 19.0 Å². The van der Waals surface area contributed by atoms with E-state index in [0.717, 1.165) is 0 Å². The second-order valence-electron chi connectivity index (χ2n) is 4.20. The molecular formula is C10H12N4O4. The molecule has 0 spiro atoms. The number of aliphatic hydroxyl groups is 1. The van der Waals surface area contributed by atoms with Crippen LogP contribution >= 0.6 is 0 Å². The zero-order chi connectivity index (χ0) is 12.7. The summed E-state index contributed by atoms with van der Waals surface area (Å²) in [4.78, 5) is 32.2. The van der Waals surface area contributed by atoms with Gasteiger partial charge in [0.1, 0.15) is 6.23 Å². The summed E-state index contributed by atoms with van der Waals surface area (Å²) in [6.07, 6.45) is 1.76. The van der Waals surface area contributed by atoms with Gasteiger partial charge in [0, 0.05) is 0 Å². The number of ether oxygens (including phenoxy) is 1. The highest BCUT2D eigenvalue weighted by Gasteiger charge is 2.29. The first-order valence-electron chi connectivity index (χ1n) is 5.65. The lowest BCUT2D eigenvalue weighted by atomic mass is 10.2. The van der Waals surface area contributed by atoms with E-state index in [1.165, 1.54) is 10.9 Å². The van der Waals surface area contributed by atoms with E-state index in [9.17, 15) is 9.59 Å². The lowest BCUT2D eigenvalue weighted by molar-refractivity contribution is -0.0221. The molecule has 0 bridgehead atoms. The molecule has 0 saturated carbocycles. The maximum absolute atomic E-state index is 11.8. The van der Waals surface area contributed by atoms with Gasteiger partial charge >= 0.3 is 5.69 Å². The second-order valence-corrected chi connectivity index (χ2v) is 4.20. The van der Waals surface area contributed by atoms with Crippen molar-refractivity contribution in [3.63, 3.8) is 0 Å². The summed E-state index contributed by atoms with van der Waals surface area (Å²) in [5.41, 5.74) is -0.420. The normalized spacial score (nSPS) is 23.8. The molecule has 96 valence electrons. The zero-order valence-electron chi connectivity index (χ0n) is 9.42. The minimum atomic E-state index is -0.488. The van der Waals surface area contributed by atoms with Gasteiger partial charge in [-0.1, -0.05) is 0 Å². The predicted octanol–water partition coefficient (Wildman–Crippen LogP) is -0.917. The first kappa shape index (κ1) is 11.2. The number of hydrogen-bond donors (Lipinski definition) is 3. The van der Waals surface area contributed by atoms with Crippen LogP contribution in [0.5, 0.6) is 0 Å². The molecule has 2 aromatic rings. The minimum Gasteiger partial charge on any atom is -0.394 e. The van der Waals surface area contributed by atoms with Crippen LogP contribution in [0.4, 0.5) is 0 Å². The topological polar surface area (TPSA) is 113 Å². The van der Waals surface area contributed by atoms with E-state index < -0.39 is 17.5 Å². The molecule has 3 rings (SSSR count). The number of nitrogens with zero attached hydrogens (tertiary/aromatic N) is 2. The second kappa shape index (κ2) is 4.07. The molecular weight excluding hydrogens is 240 g/mol. The van der Waals surface area contributed by atoms with Crippen molar-refractivity contribution in [2.45, 2.75) is 25.2 Å². The quantitative estimate of drug-likeness (QED) is 0.640. The average Bonchev–Trinajstić information content (AvgIpc) is 2.93. The summed E-state index contributed by atoms with van der Waals surface area (Å²) in [6.45, 7) is -0.0817. The number of hydrogen-bond acceptors (Lipinski definition) is 5. The number of fused-ring (bicyclic) bond motifs is 1. The minimum absolute atomic E-state index is 0.0817. The van der Waals surface area contributed by atoms with E-state index in [1.807, 2.05) is 0 Å². The molecule has 8 nitrogen and oxygen atoms in total. The van der Waals surface area contributed by atoms with Gasteiger partial charge in [-0.05, 0) is 12.8 Å². The Kier molecular flexibility index (Phi) is 2.53. The Morgan fingerprint density at radius 1 is 1.50 bits per heavy atom. The van der Waals surface area contributed by atoms with Gasteiger partial charge in [-0.2, -0.15) is 0 Å². The van der Waals surface area contributed by atoms with Gasteiger partial charge in [-0.15, -0.1) is 0 Å². The molecule has 1 aliphatic rings. The molecule has 1 aliphatic heterocycles. The van der Waals surface area contributed by atoms with Crippen molar-refractivity contribution < 1.29 is 9.84 Å². The molecule has 0 unspecified atom stereocenters. The highest BCUT2D eigenvalue weighted by Crippen LogP contribution is 2.28. The number of aromatic nitrogens is 4. The van der Waals surface area contributed by atoms with Crippen molar-refractivity contribution in [3.8, 4) is 0 Å². The maximum atomic E-state index is 11.8. The first-order valence-corrected chi connectivity index (χ1v) is 5.65. The lowest BCUT2D eigenvalue weighted by Crippen LogP contribution is -2.23. The van der Waals surface area contributed by atoms with Crippen LogP contribution in [0.15, 0.2) is 15.9 Å². The Bertz CT molecular complexity index is 685. The number of imidazole rings is 1. The van der Waals surface area contributed by atoms with Crippen molar-refractivity contribution in [2.24, 2.45) is 0 Å². The molecule has 0 aliphatic carbocycles. The number of nitrogens with one attached hydrogen (secondary N) is 2. The van der Waals surface area contributed by atoms with Crippen LogP contribution in [0.2, 0.25) is 0 Å². The lowest BCUT2D eigenvalue weighted by Gasteiger charge is -2.12. The number of aromatic amines is 2. The molecule has 2 aromatic heterocycles.